The summed E-state index contributed by atoms with van der Waals surface area (Å²) in [5, 5.41) is 16.2. The number of amides is 3. The van der Waals surface area contributed by atoms with Gasteiger partial charge < -0.3 is 34.2 Å². The standard InChI is InChI=1S/C37H48N6O6/c1-25(2)48-33-19-26(29-21-38-39-22-29)10-11-27(33)24-43(30-12-13-30)34(44)28-7-6-14-42(23-28)31-8-5-9-32(20-31)49-37(3,4)35(45)40-15-17-41(18-16-40)36(46)47/h5,8-11,19-22,25,28,30H,6-7,12-18,23-24H2,1-4H3,(H,38,39)(H,46,47)/t28-/m1/s1. The van der Waals surface area contributed by atoms with Gasteiger partial charge in [0.15, 0.2) is 5.60 Å². The summed E-state index contributed by atoms with van der Waals surface area (Å²) in [7, 11) is 0. The van der Waals surface area contributed by atoms with E-state index in [1.807, 2.05) is 50.4 Å². The van der Waals surface area contributed by atoms with Gasteiger partial charge in [0.2, 0.25) is 5.91 Å². The van der Waals surface area contributed by atoms with Crippen molar-refractivity contribution in [2.45, 2.75) is 77.7 Å². The zero-order chi connectivity index (χ0) is 34.7. The Morgan fingerprint density at radius 2 is 1.76 bits per heavy atom. The molecule has 6 rings (SSSR count). The minimum absolute atomic E-state index is 0.00619. The number of nitrogens with zero attached hydrogens (tertiary/aromatic N) is 5. The van der Waals surface area contributed by atoms with Crippen LogP contribution >= 0.6 is 0 Å². The monoisotopic (exact) mass is 672 g/mol. The second-order valence-electron chi connectivity index (χ2n) is 14.1. The first-order chi connectivity index (χ1) is 23.5. The molecule has 0 bridgehead atoms. The first kappa shape index (κ1) is 34.1. The molecule has 1 atom stereocenters. The summed E-state index contributed by atoms with van der Waals surface area (Å²) < 4.78 is 12.5. The van der Waals surface area contributed by atoms with Gasteiger partial charge in [-0.2, -0.15) is 5.10 Å². The molecule has 262 valence electrons. The lowest BCUT2D eigenvalue weighted by atomic mass is 9.95. The fourth-order valence-electron chi connectivity index (χ4n) is 6.81. The van der Waals surface area contributed by atoms with E-state index in [9.17, 15) is 19.5 Å². The van der Waals surface area contributed by atoms with Crippen LogP contribution in [0.5, 0.6) is 11.5 Å². The summed E-state index contributed by atoms with van der Waals surface area (Å²) in [6.07, 6.45) is 6.43. The van der Waals surface area contributed by atoms with Crippen molar-refractivity contribution in [3.8, 4) is 22.6 Å². The third-order valence-corrected chi connectivity index (χ3v) is 9.55. The highest BCUT2D eigenvalue weighted by molar-refractivity contribution is 5.85. The quantitative estimate of drug-likeness (QED) is 0.283. The lowest BCUT2D eigenvalue weighted by Gasteiger charge is -2.38. The SMILES string of the molecule is CC(C)Oc1cc(-c2cn[nH]c2)ccc1CN(C(=O)[C@@H]1CCCN(c2cccc(OC(C)(C)C(=O)N3CCN(C(=O)O)CC3)c2)C1)C1CC1. The zero-order valence-corrected chi connectivity index (χ0v) is 28.9. The molecule has 2 aromatic carbocycles. The number of hydrogen-bond donors (Lipinski definition) is 2. The van der Waals surface area contributed by atoms with Crippen molar-refractivity contribution in [3.63, 3.8) is 0 Å². The molecule has 0 spiro atoms. The van der Waals surface area contributed by atoms with Crippen molar-refractivity contribution in [1.29, 1.82) is 0 Å². The Labute approximate surface area is 287 Å². The van der Waals surface area contributed by atoms with Gasteiger partial charge in [-0.25, -0.2) is 4.79 Å². The van der Waals surface area contributed by atoms with Gasteiger partial charge in [0.05, 0.1) is 18.2 Å². The second-order valence-corrected chi connectivity index (χ2v) is 14.1. The Hall–Kier alpha value is -4.74. The normalized spacial score (nSPS) is 18.4. The van der Waals surface area contributed by atoms with Gasteiger partial charge in [-0.3, -0.25) is 14.7 Å². The maximum atomic E-state index is 14.2. The Morgan fingerprint density at radius 3 is 2.43 bits per heavy atom. The predicted molar refractivity (Wildman–Crippen MR) is 186 cm³/mol. The number of carboxylic acid groups (broad SMARTS) is 1. The number of piperidine rings is 1. The molecule has 12 heteroatoms. The van der Waals surface area contributed by atoms with Crippen LogP contribution in [0.3, 0.4) is 0 Å². The van der Waals surface area contributed by atoms with Crippen LogP contribution in [0.4, 0.5) is 10.5 Å². The van der Waals surface area contributed by atoms with Crippen molar-refractivity contribution in [2.75, 3.05) is 44.2 Å². The molecule has 2 aliphatic heterocycles. The number of piperazine rings is 1. The van der Waals surface area contributed by atoms with Crippen molar-refractivity contribution in [1.82, 2.24) is 24.9 Å². The van der Waals surface area contributed by atoms with Crippen LogP contribution in [0.15, 0.2) is 54.9 Å². The highest BCUT2D eigenvalue weighted by Crippen LogP contribution is 2.36. The lowest BCUT2D eigenvalue weighted by molar-refractivity contribution is -0.147. The average Bonchev–Trinajstić information content (AvgIpc) is 3.78. The van der Waals surface area contributed by atoms with E-state index in [4.69, 9.17) is 9.47 Å². The largest absolute Gasteiger partial charge is 0.491 e. The Kier molecular flexibility index (Phi) is 10.0. The highest BCUT2D eigenvalue weighted by Gasteiger charge is 2.39. The first-order valence-corrected chi connectivity index (χ1v) is 17.4. The Bertz CT molecular complexity index is 1630. The summed E-state index contributed by atoms with van der Waals surface area (Å²) >= 11 is 0. The number of benzene rings is 2. The Balaban J connectivity index is 1.12. The summed E-state index contributed by atoms with van der Waals surface area (Å²) in [5.41, 5.74) is 2.81. The van der Waals surface area contributed by atoms with Crippen molar-refractivity contribution in [3.05, 3.63) is 60.4 Å². The predicted octanol–water partition coefficient (Wildman–Crippen LogP) is 5.25. The smallest absolute Gasteiger partial charge is 0.407 e. The fraction of sp³-hybridized carbons (Fsp3) is 0.514. The number of anilines is 1. The molecule has 3 fully saturated rings. The van der Waals surface area contributed by atoms with Crippen LogP contribution in [-0.4, -0.2) is 105 Å². The number of carbonyl (C=O) groups excluding carboxylic acids is 2. The fourth-order valence-corrected chi connectivity index (χ4v) is 6.81. The molecule has 1 saturated carbocycles. The maximum absolute atomic E-state index is 14.2. The average molecular weight is 673 g/mol. The maximum Gasteiger partial charge on any atom is 0.407 e. The van der Waals surface area contributed by atoms with E-state index in [1.165, 1.54) is 4.90 Å². The molecule has 1 aromatic heterocycles. The number of nitrogens with one attached hydrogen (secondary N) is 1. The van der Waals surface area contributed by atoms with Gasteiger partial charge in [0.25, 0.3) is 5.91 Å². The van der Waals surface area contributed by atoms with Gasteiger partial charge in [-0.15, -0.1) is 0 Å². The number of rotatable bonds is 11. The number of ether oxygens (including phenoxy) is 2. The van der Waals surface area contributed by atoms with E-state index in [1.54, 1.807) is 24.9 Å². The summed E-state index contributed by atoms with van der Waals surface area (Å²) in [6.45, 7) is 10.7. The molecule has 3 aromatic rings. The molecule has 3 amide bonds. The van der Waals surface area contributed by atoms with Gasteiger partial charge in [-0.05, 0) is 77.1 Å². The minimum atomic E-state index is -1.13. The molecule has 3 aliphatic rings. The zero-order valence-electron chi connectivity index (χ0n) is 28.9. The van der Waals surface area contributed by atoms with Gasteiger partial charge in [0, 0.05) is 80.9 Å². The van der Waals surface area contributed by atoms with E-state index in [0.717, 1.165) is 60.4 Å². The topological polar surface area (TPSA) is 132 Å². The van der Waals surface area contributed by atoms with E-state index >= 15 is 0 Å². The molecule has 12 nitrogen and oxygen atoms in total. The van der Waals surface area contributed by atoms with Crippen LogP contribution < -0.4 is 14.4 Å². The molecule has 49 heavy (non-hydrogen) atoms. The van der Waals surface area contributed by atoms with Crippen molar-refractivity contribution >= 4 is 23.6 Å². The van der Waals surface area contributed by atoms with E-state index < -0.39 is 11.7 Å². The lowest BCUT2D eigenvalue weighted by Crippen LogP contribution is -2.56. The number of aromatic nitrogens is 2. The van der Waals surface area contributed by atoms with Crippen LogP contribution in [0.25, 0.3) is 11.1 Å². The van der Waals surface area contributed by atoms with Crippen LogP contribution in [-0.2, 0) is 16.1 Å². The number of hydrogen-bond acceptors (Lipinski definition) is 7. The molecule has 2 N–H and O–H groups in total. The number of H-pyrrole nitrogens is 1. The van der Waals surface area contributed by atoms with E-state index in [2.05, 4.69) is 32.1 Å². The summed E-state index contributed by atoms with van der Waals surface area (Å²) in [6, 6.07) is 14.2. The molecular formula is C37H48N6O6. The first-order valence-electron chi connectivity index (χ1n) is 17.4. The molecule has 0 unspecified atom stereocenters. The van der Waals surface area contributed by atoms with Gasteiger partial charge in [0.1, 0.15) is 11.5 Å². The molecule has 0 radical (unpaired) electrons. The van der Waals surface area contributed by atoms with Crippen molar-refractivity contribution < 1.29 is 29.0 Å². The third-order valence-electron chi connectivity index (χ3n) is 9.55. The van der Waals surface area contributed by atoms with Crippen molar-refractivity contribution in [2.24, 2.45) is 5.92 Å². The highest BCUT2D eigenvalue weighted by atomic mass is 16.5. The molecule has 3 heterocycles. The second kappa shape index (κ2) is 14.4. The number of aromatic amines is 1. The van der Waals surface area contributed by atoms with Crippen LogP contribution in [0.2, 0.25) is 0 Å². The van der Waals surface area contributed by atoms with Crippen LogP contribution in [0.1, 0.15) is 58.9 Å². The minimum Gasteiger partial charge on any atom is -0.491 e. The molecule has 2 saturated heterocycles. The van der Waals surface area contributed by atoms with E-state index in [0.29, 0.717) is 31.9 Å². The Morgan fingerprint density at radius 1 is 1.00 bits per heavy atom. The third kappa shape index (κ3) is 8.12. The molecule has 1 aliphatic carbocycles. The summed E-state index contributed by atoms with van der Waals surface area (Å²) in [5.74, 6) is 1.23. The van der Waals surface area contributed by atoms with Gasteiger partial charge in [-0.1, -0.05) is 18.2 Å². The van der Waals surface area contributed by atoms with E-state index in [-0.39, 0.29) is 43.0 Å². The molecular weight excluding hydrogens is 624 g/mol. The van der Waals surface area contributed by atoms with Crippen LogP contribution in [0, 0.1) is 5.92 Å². The summed E-state index contributed by atoms with van der Waals surface area (Å²) in [4.78, 5) is 46.2. The van der Waals surface area contributed by atoms with Gasteiger partial charge >= 0.3 is 6.09 Å². The number of carbonyl (C=O) groups is 3.